The smallest absolute Gasteiger partial charge is 0.242 e. The van der Waals surface area contributed by atoms with Gasteiger partial charge in [0.1, 0.15) is 5.75 Å². The summed E-state index contributed by atoms with van der Waals surface area (Å²) in [4.78, 5) is 12.5. The Balaban J connectivity index is 1.86. The molecular formula is C20H20N2O4S. The summed E-state index contributed by atoms with van der Waals surface area (Å²) in [6, 6.07) is 17.3. The Morgan fingerprint density at radius 3 is 2.48 bits per heavy atom. The van der Waals surface area contributed by atoms with Crippen LogP contribution in [0, 0.1) is 0 Å². The van der Waals surface area contributed by atoms with Crippen LogP contribution in [0.5, 0.6) is 5.75 Å². The van der Waals surface area contributed by atoms with Crippen molar-refractivity contribution in [1.82, 2.24) is 4.31 Å². The summed E-state index contributed by atoms with van der Waals surface area (Å²) in [5.74, 6) is -0.542. The normalized spacial score (nSPS) is 11.7. The number of sulfonamides is 1. The maximum absolute atomic E-state index is 12.5. The molecule has 0 aromatic heterocycles. The Morgan fingerprint density at radius 2 is 1.74 bits per heavy atom. The fourth-order valence-electron chi connectivity index (χ4n) is 2.80. The lowest BCUT2D eigenvalue weighted by Gasteiger charge is -2.14. The van der Waals surface area contributed by atoms with E-state index >= 15 is 0 Å². The summed E-state index contributed by atoms with van der Waals surface area (Å²) in [5.41, 5.74) is 0.908. The Labute approximate surface area is 158 Å². The van der Waals surface area contributed by atoms with Crippen molar-refractivity contribution in [3.05, 3.63) is 66.2 Å². The van der Waals surface area contributed by atoms with E-state index in [1.807, 2.05) is 42.5 Å². The number of benzene rings is 3. The van der Waals surface area contributed by atoms with Gasteiger partial charge in [-0.05, 0) is 34.5 Å². The molecule has 0 aliphatic heterocycles. The lowest BCUT2D eigenvalue weighted by Crippen LogP contribution is -2.22. The predicted molar refractivity (Wildman–Crippen MR) is 105 cm³/mol. The Kier molecular flexibility index (Phi) is 5.16. The van der Waals surface area contributed by atoms with Gasteiger partial charge in [0.2, 0.25) is 15.9 Å². The van der Waals surface area contributed by atoms with Gasteiger partial charge < -0.3 is 10.4 Å². The largest absolute Gasteiger partial charge is 0.506 e. The molecule has 0 fully saturated rings. The number of hydrogen-bond donors (Lipinski definition) is 2. The van der Waals surface area contributed by atoms with Crippen LogP contribution in [0.15, 0.2) is 65.6 Å². The highest BCUT2D eigenvalue weighted by Crippen LogP contribution is 2.28. The number of amides is 1. The third-order valence-corrected chi connectivity index (χ3v) is 6.06. The molecule has 6 nitrogen and oxygen atoms in total. The molecule has 1 amide bonds. The van der Waals surface area contributed by atoms with Crippen molar-refractivity contribution in [2.75, 3.05) is 19.4 Å². The zero-order valence-corrected chi connectivity index (χ0v) is 15.8. The minimum absolute atomic E-state index is 0.00855. The number of hydrogen-bond acceptors (Lipinski definition) is 4. The molecule has 2 N–H and O–H groups in total. The van der Waals surface area contributed by atoms with E-state index in [1.165, 1.54) is 32.3 Å². The molecule has 0 radical (unpaired) electrons. The van der Waals surface area contributed by atoms with E-state index in [0.717, 1.165) is 20.6 Å². The second-order valence-corrected chi connectivity index (χ2v) is 8.48. The number of phenolic OH excluding ortho intramolecular Hbond substituents is 1. The fraction of sp³-hybridized carbons (Fsp3) is 0.150. The predicted octanol–water partition coefficient (Wildman–Crippen LogP) is 2.98. The summed E-state index contributed by atoms with van der Waals surface area (Å²) in [5, 5.41) is 14.6. The van der Waals surface area contributed by atoms with Gasteiger partial charge in [-0.15, -0.1) is 0 Å². The highest BCUT2D eigenvalue weighted by Gasteiger charge is 2.19. The van der Waals surface area contributed by atoms with E-state index in [1.54, 1.807) is 0 Å². The Bertz CT molecular complexity index is 1100. The molecule has 0 bridgehead atoms. The number of phenols is 1. The Hall–Kier alpha value is -2.90. The maximum atomic E-state index is 12.5. The van der Waals surface area contributed by atoms with Crippen LogP contribution in [0.4, 0.5) is 5.69 Å². The molecule has 140 valence electrons. The number of fused-ring (bicyclic) bond motifs is 1. The number of nitrogens with one attached hydrogen (secondary N) is 1. The Morgan fingerprint density at radius 1 is 1.04 bits per heavy atom. The van der Waals surface area contributed by atoms with Crippen molar-refractivity contribution >= 4 is 32.4 Å². The summed E-state index contributed by atoms with van der Waals surface area (Å²) in [6.45, 7) is 0. The molecule has 0 atom stereocenters. The lowest BCUT2D eigenvalue weighted by molar-refractivity contribution is -0.115. The molecule has 0 heterocycles. The van der Waals surface area contributed by atoms with Crippen molar-refractivity contribution in [3.8, 4) is 5.75 Å². The van der Waals surface area contributed by atoms with E-state index in [9.17, 15) is 18.3 Å². The first-order valence-electron chi connectivity index (χ1n) is 8.31. The van der Waals surface area contributed by atoms with Gasteiger partial charge in [0, 0.05) is 14.1 Å². The molecule has 3 aromatic rings. The zero-order valence-electron chi connectivity index (χ0n) is 15.0. The van der Waals surface area contributed by atoms with Gasteiger partial charge in [0.25, 0.3) is 0 Å². The van der Waals surface area contributed by atoms with Gasteiger partial charge in [-0.3, -0.25) is 4.79 Å². The summed E-state index contributed by atoms with van der Waals surface area (Å²) in [7, 11) is -0.833. The van der Waals surface area contributed by atoms with Gasteiger partial charge in [-0.2, -0.15) is 0 Å². The van der Waals surface area contributed by atoms with Crippen LogP contribution in [0.3, 0.4) is 0 Å². The van der Waals surface area contributed by atoms with E-state index in [0.29, 0.717) is 0 Å². The van der Waals surface area contributed by atoms with Crippen LogP contribution in [0.2, 0.25) is 0 Å². The van der Waals surface area contributed by atoms with E-state index in [4.69, 9.17) is 0 Å². The van der Waals surface area contributed by atoms with Gasteiger partial charge in [0.05, 0.1) is 17.0 Å². The van der Waals surface area contributed by atoms with Crippen LogP contribution >= 0.6 is 0 Å². The van der Waals surface area contributed by atoms with E-state index < -0.39 is 10.0 Å². The third kappa shape index (κ3) is 3.94. The molecule has 7 heteroatoms. The average molecular weight is 384 g/mol. The quantitative estimate of drug-likeness (QED) is 0.662. The fourth-order valence-corrected chi connectivity index (χ4v) is 3.73. The number of carbonyl (C=O) groups excluding carboxylic acids is 1. The van der Waals surface area contributed by atoms with Gasteiger partial charge in [0.15, 0.2) is 0 Å². The second-order valence-electron chi connectivity index (χ2n) is 6.33. The molecule has 27 heavy (non-hydrogen) atoms. The first-order chi connectivity index (χ1) is 12.8. The number of anilines is 1. The number of carbonyl (C=O) groups is 1. The van der Waals surface area contributed by atoms with Crippen molar-refractivity contribution < 1.29 is 18.3 Å². The minimum Gasteiger partial charge on any atom is -0.506 e. The topological polar surface area (TPSA) is 86.7 Å². The van der Waals surface area contributed by atoms with Crippen LogP contribution in [0.25, 0.3) is 10.8 Å². The SMILES string of the molecule is CN(C)S(=O)(=O)c1ccc(O)c(NC(=O)Cc2cccc3ccccc23)c1. The number of aromatic hydroxyl groups is 1. The molecule has 3 rings (SSSR count). The summed E-state index contributed by atoms with van der Waals surface area (Å²) >= 11 is 0. The lowest BCUT2D eigenvalue weighted by atomic mass is 10.0. The van der Waals surface area contributed by atoms with Crippen LogP contribution in [-0.4, -0.2) is 37.8 Å². The number of rotatable bonds is 5. The first-order valence-corrected chi connectivity index (χ1v) is 9.75. The third-order valence-electron chi connectivity index (χ3n) is 4.25. The molecule has 0 saturated carbocycles. The van der Waals surface area contributed by atoms with Crippen LogP contribution in [-0.2, 0) is 21.2 Å². The molecule has 0 aliphatic carbocycles. The highest BCUT2D eigenvalue weighted by molar-refractivity contribution is 7.89. The highest BCUT2D eigenvalue weighted by atomic mass is 32.2. The molecular weight excluding hydrogens is 364 g/mol. The standard InChI is InChI=1S/C20H20N2O4S/c1-22(2)27(25,26)16-10-11-19(23)18(13-16)21-20(24)12-15-8-5-7-14-6-3-4-9-17(14)15/h3-11,13,23H,12H2,1-2H3,(H,21,24). The monoisotopic (exact) mass is 384 g/mol. The van der Waals surface area contributed by atoms with Crippen molar-refractivity contribution in [3.63, 3.8) is 0 Å². The zero-order chi connectivity index (χ0) is 19.6. The maximum Gasteiger partial charge on any atom is 0.242 e. The van der Waals surface area contributed by atoms with Gasteiger partial charge in [-0.1, -0.05) is 42.5 Å². The second kappa shape index (κ2) is 7.38. The molecule has 0 saturated heterocycles. The van der Waals surface area contributed by atoms with Crippen molar-refractivity contribution in [2.45, 2.75) is 11.3 Å². The van der Waals surface area contributed by atoms with E-state index in [-0.39, 0.29) is 28.7 Å². The van der Waals surface area contributed by atoms with E-state index in [2.05, 4.69) is 5.32 Å². The summed E-state index contributed by atoms with van der Waals surface area (Å²) < 4.78 is 25.6. The average Bonchev–Trinajstić information content (AvgIpc) is 2.63. The molecule has 0 aliphatic rings. The minimum atomic E-state index is -3.67. The summed E-state index contributed by atoms with van der Waals surface area (Å²) in [6.07, 6.45) is 0.103. The van der Waals surface area contributed by atoms with Crippen LogP contribution in [0.1, 0.15) is 5.56 Å². The van der Waals surface area contributed by atoms with Gasteiger partial charge in [-0.25, -0.2) is 12.7 Å². The number of nitrogens with zero attached hydrogens (tertiary/aromatic N) is 1. The van der Waals surface area contributed by atoms with Crippen molar-refractivity contribution in [2.24, 2.45) is 0 Å². The van der Waals surface area contributed by atoms with Crippen molar-refractivity contribution in [1.29, 1.82) is 0 Å². The molecule has 0 unspecified atom stereocenters. The molecule has 3 aromatic carbocycles. The van der Waals surface area contributed by atoms with Gasteiger partial charge >= 0.3 is 0 Å². The molecule has 0 spiro atoms. The first kappa shape index (κ1) is 18.9. The van der Waals surface area contributed by atoms with Crippen LogP contribution < -0.4 is 5.32 Å².